The minimum Gasteiger partial charge on any atom is -0.444 e. The van der Waals surface area contributed by atoms with E-state index >= 15 is 0 Å². The summed E-state index contributed by atoms with van der Waals surface area (Å²) in [5, 5.41) is 3.71. The lowest BCUT2D eigenvalue weighted by Gasteiger charge is -2.41. The average Bonchev–Trinajstić information content (AvgIpc) is 3.20. The molecule has 1 aromatic rings. The number of hydrogen-bond acceptors (Lipinski definition) is 6. The Morgan fingerprint density at radius 2 is 1.77 bits per heavy atom. The predicted molar refractivity (Wildman–Crippen MR) is 114 cm³/mol. The molecule has 2 aliphatic heterocycles. The third kappa shape index (κ3) is 4.68. The molecule has 0 radical (unpaired) electrons. The Bertz CT molecular complexity index is 851. The Labute approximate surface area is 183 Å². The van der Waals surface area contributed by atoms with Gasteiger partial charge >= 0.3 is 12.1 Å². The average molecular weight is 435 g/mol. The van der Waals surface area contributed by atoms with Gasteiger partial charge in [0, 0.05) is 33.2 Å². The number of fused-ring (bicyclic) bond motifs is 1. The van der Waals surface area contributed by atoms with Crippen LogP contribution in [-0.2, 0) is 16.1 Å². The number of rotatable bonds is 4. The minimum absolute atomic E-state index is 0.0652. The van der Waals surface area contributed by atoms with Crippen LogP contribution in [0.15, 0.2) is 6.20 Å². The van der Waals surface area contributed by atoms with Gasteiger partial charge < -0.3 is 9.64 Å². The zero-order chi connectivity index (χ0) is 23.1. The third-order valence-corrected chi connectivity index (χ3v) is 5.63. The van der Waals surface area contributed by atoms with Crippen LogP contribution >= 0.6 is 0 Å². The van der Waals surface area contributed by atoms with Gasteiger partial charge in [-0.05, 0) is 33.6 Å². The number of aromatic nitrogens is 2. The van der Waals surface area contributed by atoms with Crippen molar-refractivity contribution in [2.24, 2.45) is 5.92 Å². The number of hydrazine groups is 1. The van der Waals surface area contributed by atoms with Gasteiger partial charge in [0.1, 0.15) is 17.5 Å². The summed E-state index contributed by atoms with van der Waals surface area (Å²) in [7, 11) is 1.61. The SMILES string of the molecule is Cc1ncc2n1C(=O)N(N1CCN(C(=O)[C@@H](C(C)C)N(C)C(=O)OC(C)(C)C)CC1)C2. The molecule has 3 amide bonds. The van der Waals surface area contributed by atoms with Crippen LogP contribution in [0.25, 0.3) is 0 Å². The summed E-state index contributed by atoms with van der Waals surface area (Å²) in [5.41, 5.74) is 0.247. The molecule has 1 fully saturated rings. The molecule has 31 heavy (non-hydrogen) atoms. The van der Waals surface area contributed by atoms with Crippen molar-refractivity contribution in [1.29, 1.82) is 0 Å². The fraction of sp³-hybridized carbons (Fsp3) is 0.714. The van der Waals surface area contributed by atoms with Crippen LogP contribution in [-0.4, -0.2) is 92.3 Å². The van der Waals surface area contributed by atoms with Gasteiger partial charge in [-0.1, -0.05) is 13.8 Å². The van der Waals surface area contributed by atoms with E-state index in [1.807, 2.05) is 25.8 Å². The van der Waals surface area contributed by atoms with E-state index in [0.29, 0.717) is 38.5 Å². The fourth-order valence-electron chi connectivity index (χ4n) is 4.11. The second-order valence-corrected chi connectivity index (χ2v) is 9.53. The molecule has 1 aromatic heterocycles. The third-order valence-electron chi connectivity index (χ3n) is 5.63. The van der Waals surface area contributed by atoms with Crippen molar-refractivity contribution in [3.8, 4) is 0 Å². The van der Waals surface area contributed by atoms with Crippen LogP contribution in [0.1, 0.15) is 46.1 Å². The topological polar surface area (TPSA) is 91.2 Å². The molecule has 0 spiro atoms. The van der Waals surface area contributed by atoms with E-state index in [9.17, 15) is 14.4 Å². The molecular weight excluding hydrogens is 400 g/mol. The summed E-state index contributed by atoms with van der Waals surface area (Å²) in [4.78, 5) is 45.9. The monoisotopic (exact) mass is 434 g/mol. The van der Waals surface area contributed by atoms with Gasteiger partial charge in [0.2, 0.25) is 5.91 Å². The maximum absolute atomic E-state index is 13.3. The second kappa shape index (κ2) is 8.49. The van der Waals surface area contributed by atoms with Crippen molar-refractivity contribution >= 4 is 18.0 Å². The maximum atomic E-state index is 13.3. The van der Waals surface area contributed by atoms with Gasteiger partial charge in [-0.15, -0.1) is 0 Å². The number of ether oxygens (including phenoxy) is 1. The molecule has 10 nitrogen and oxygen atoms in total. The predicted octanol–water partition coefficient (Wildman–Crippen LogP) is 1.93. The van der Waals surface area contributed by atoms with E-state index in [1.165, 1.54) is 4.90 Å². The normalized spacial score (nSPS) is 18.4. The van der Waals surface area contributed by atoms with Gasteiger partial charge in [0.05, 0.1) is 18.4 Å². The molecule has 0 unspecified atom stereocenters. The number of carbonyl (C=O) groups is 3. The van der Waals surface area contributed by atoms with E-state index in [0.717, 1.165) is 5.69 Å². The highest BCUT2D eigenvalue weighted by atomic mass is 16.6. The molecule has 0 aliphatic carbocycles. The van der Waals surface area contributed by atoms with E-state index in [1.54, 1.807) is 48.5 Å². The molecule has 0 aromatic carbocycles. The molecular formula is C21H34N6O4. The van der Waals surface area contributed by atoms with Crippen molar-refractivity contribution in [2.75, 3.05) is 33.2 Å². The second-order valence-electron chi connectivity index (χ2n) is 9.53. The van der Waals surface area contributed by atoms with Gasteiger partial charge in [0.25, 0.3) is 0 Å². The highest BCUT2D eigenvalue weighted by Gasteiger charge is 2.39. The van der Waals surface area contributed by atoms with Crippen LogP contribution in [0.3, 0.4) is 0 Å². The number of hydrogen-bond donors (Lipinski definition) is 0. The quantitative estimate of drug-likeness (QED) is 0.719. The lowest BCUT2D eigenvalue weighted by molar-refractivity contribution is -0.142. The fourth-order valence-corrected chi connectivity index (χ4v) is 4.11. The molecule has 1 saturated heterocycles. The van der Waals surface area contributed by atoms with E-state index in [2.05, 4.69) is 4.98 Å². The van der Waals surface area contributed by atoms with Crippen molar-refractivity contribution < 1.29 is 19.1 Å². The molecule has 3 rings (SSSR count). The summed E-state index contributed by atoms with van der Waals surface area (Å²) in [5.74, 6) is 0.521. The van der Waals surface area contributed by atoms with Crippen molar-refractivity contribution in [1.82, 2.24) is 29.4 Å². The highest BCUT2D eigenvalue weighted by Crippen LogP contribution is 2.22. The number of aryl methyl sites for hydroxylation is 1. The number of imidazole rings is 1. The van der Waals surface area contributed by atoms with Crippen LogP contribution in [0.5, 0.6) is 0 Å². The Morgan fingerprint density at radius 3 is 2.29 bits per heavy atom. The number of likely N-dealkylation sites (N-methyl/N-ethyl adjacent to an activating group) is 1. The molecule has 3 heterocycles. The van der Waals surface area contributed by atoms with Crippen LogP contribution in [0, 0.1) is 12.8 Å². The van der Waals surface area contributed by atoms with Gasteiger partial charge in [-0.3, -0.25) is 14.7 Å². The van der Waals surface area contributed by atoms with Gasteiger partial charge in [-0.2, -0.15) is 0 Å². The Kier molecular flexibility index (Phi) is 6.31. The summed E-state index contributed by atoms with van der Waals surface area (Å²) < 4.78 is 7.08. The Hall–Kier alpha value is -2.62. The standard InChI is InChI=1S/C21H34N6O4/c1-14(2)17(23(7)20(30)31-21(4,5)6)18(28)24-8-10-25(11-9-24)26-13-16-12-22-15(3)27(16)19(26)29/h12,14,17H,8-11,13H2,1-7H3/t17-/m1/s1. The van der Waals surface area contributed by atoms with Crippen LogP contribution in [0.2, 0.25) is 0 Å². The Morgan fingerprint density at radius 1 is 1.16 bits per heavy atom. The first-order valence-electron chi connectivity index (χ1n) is 10.7. The van der Waals surface area contributed by atoms with Crippen LogP contribution < -0.4 is 0 Å². The Balaban J connectivity index is 1.62. The lowest BCUT2D eigenvalue weighted by atomic mass is 10.0. The number of carbonyl (C=O) groups excluding carboxylic acids is 3. The summed E-state index contributed by atoms with van der Waals surface area (Å²) >= 11 is 0. The first-order valence-corrected chi connectivity index (χ1v) is 10.7. The molecule has 0 N–H and O–H groups in total. The molecule has 10 heteroatoms. The first-order chi connectivity index (χ1) is 14.4. The van der Waals surface area contributed by atoms with E-state index in [4.69, 9.17) is 4.74 Å². The number of nitrogens with zero attached hydrogens (tertiary/aromatic N) is 6. The van der Waals surface area contributed by atoms with Crippen LogP contribution in [0.4, 0.5) is 9.59 Å². The van der Waals surface area contributed by atoms with Gasteiger partial charge in [-0.25, -0.2) is 24.1 Å². The first kappa shape index (κ1) is 23.1. The number of piperazine rings is 1. The molecule has 1 atom stereocenters. The van der Waals surface area contributed by atoms with Gasteiger partial charge in [0.15, 0.2) is 0 Å². The summed E-state index contributed by atoms with van der Waals surface area (Å²) in [6, 6.07) is -0.709. The summed E-state index contributed by atoms with van der Waals surface area (Å²) in [6.07, 6.45) is 1.22. The molecule has 2 aliphatic rings. The largest absolute Gasteiger partial charge is 0.444 e. The van der Waals surface area contributed by atoms with E-state index < -0.39 is 17.7 Å². The smallest absolute Gasteiger partial charge is 0.410 e. The zero-order valence-corrected chi connectivity index (χ0v) is 19.6. The summed E-state index contributed by atoms with van der Waals surface area (Å²) in [6.45, 7) is 13.6. The highest BCUT2D eigenvalue weighted by molar-refractivity contribution is 5.86. The number of amides is 3. The molecule has 172 valence electrons. The van der Waals surface area contributed by atoms with Crippen molar-refractivity contribution in [3.05, 3.63) is 17.7 Å². The zero-order valence-electron chi connectivity index (χ0n) is 19.6. The molecule has 0 saturated carbocycles. The van der Waals surface area contributed by atoms with Crippen molar-refractivity contribution in [2.45, 2.75) is 59.7 Å². The lowest BCUT2D eigenvalue weighted by Crippen LogP contribution is -2.59. The van der Waals surface area contributed by atoms with E-state index in [-0.39, 0.29) is 17.9 Å². The maximum Gasteiger partial charge on any atom is 0.410 e. The minimum atomic E-state index is -0.628. The van der Waals surface area contributed by atoms with Crippen molar-refractivity contribution in [3.63, 3.8) is 0 Å². The molecule has 0 bridgehead atoms.